The molecule has 0 fully saturated rings. The Morgan fingerprint density at radius 1 is 1.40 bits per heavy atom. The Kier molecular flexibility index (Phi) is 3.43. The minimum absolute atomic E-state index is 0.783. The Bertz CT molecular complexity index is 157. The average Bonchev–Trinajstić information content (AvgIpc) is 1.88. The second-order valence-corrected chi connectivity index (χ2v) is 4.52. The Labute approximate surface area is 71.2 Å². The minimum Gasteiger partial charge on any atom is -0.105 e. The predicted molar refractivity (Wildman–Crippen MR) is 51.9 cm³/mol. The molecule has 0 aromatic carbocycles. The maximum absolute atomic E-state index is 2.25. The van der Waals surface area contributed by atoms with E-state index < -0.39 is 0 Å². The van der Waals surface area contributed by atoms with E-state index in [2.05, 4.69) is 30.1 Å². The lowest BCUT2D eigenvalue weighted by atomic mass is 10.1. The maximum atomic E-state index is 2.25. The van der Waals surface area contributed by atoms with E-state index in [9.17, 15) is 0 Å². The van der Waals surface area contributed by atoms with Crippen molar-refractivity contribution in [3.05, 3.63) is 21.1 Å². The summed E-state index contributed by atoms with van der Waals surface area (Å²) in [5.41, 5.74) is 0. The fraction of sp³-hybridized carbons (Fsp3) is 0.500. The van der Waals surface area contributed by atoms with Crippen LogP contribution in [0, 0.1) is 5.92 Å². The SMILES string of the molecule is CC(C)CC1=CSC=CS1. The molecule has 1 aliphatic rings. The zero-order chi connectivity index (χ0) is 7.40. The van der Waals surface area contributed by atoms with Crippen LogP contribution in [0.25, 0.3) is 0 Å². The molecule has 1 rings (SSSR count). The van der Waals surface area contributed by atoms with E-state index in [0.29, 0.717) is 0 Å². The molecule has 0 radical (unpaired) electrons. The number of thioether (sulfide) groups is 2. The van der Waals surface area contributed by atoms with E-state index in [-0.39, 0.29) is 0 Å². The van der Waals surface area contributed by atoms with Crippen LogP contribution in [-0.2, 0) is 0 Å². The van der Waals surface area contributed by atoms with Crippen molar-refractivity contribution in [2.75, 3.05) is 0 Å². The summed E-state index contributed by atoms with van der Waals surface area (Å²) in [6, 6.07) is 0. The number of hydrogen-bond acceptors (Lipinski definition) is 2. The summed E-state index contributed by atoms with van der Waals surface area (Å²) >= 11 is 3.63. The summed E-state index contributed by atoms with van der Waals surface area (Å²) in [4.78, 5) is 1.50. The van der Waals surface area contributed by atoms with Gasteiger partial charge < -0.3 is 0 Å². The van der Waals surface area contributed by atoms with E-state index in [1.165, 1.54) is 11.3 Å². The van der Waals surface area contributed by atoms with Crippen LogP contribution >= 0.6 is 23.5 Å². The summed E-state index contributed by atoms with van der Waals surface area (Å²) in [6.07, 6.45) is 1.22. The van der Waals surface area contributed by atoms with Crippen LogP contribution < -0.4 is 0 Å². The molecule has 0 aromatic heterocycles. The standard InChI is InChI=1S/C8H12S2/c1-7(2)5-8-6-9-3-4-10-8/h3-4,6-7H,5H2,1-2H3. The van der Waals surface area contributed by atoms with E-state index in [4.69, 9.17) is 0 Å². The van der Waals surface area contributed by atoms with Crippen molar-refractivity contribution in [2.24, 2.45) is 5.92 Å². The Balaban J connectivity index is 2.34. The summed E-state index contributed by atoms with van der Waals surface area (Å²) in [5.74, 6) is 0.783. The fourth-order valence-corrected chi connectivity index (χ4v) is 2.59. The maximum Gasteiger partial charge on any atom is -0.00393 e. The first-order chi connectivity index (χ1) is 4.79. The molecule has 0 bridgehead atoms. The highest BCUT2D eigenvalue weighted by molar-refractivity contribution is 8.11. The summed E-state index contributed by atoms with van der Waals surface area (Å²) in [5, 5.41) is 6.52. The Hall–Kier alpha value is 0.180. The molecule has 0 atom stereocenters. The van der Waals surface area contributed by atoms with Gasteiger partial charge in [0.2, 0.25) is 0 Å². The number of hydrogen-bond donors (Lipinski definition) is 0. The lowest BCUT2D eigenvalue weighted by molar-refractivity contribution is 0.659. The van der Waals surface area contributed by atoms with Crippen molar-refractivity contribution in [3.8, 4) is 0 Å². The van der Waals surface area contributed by atoms with Crippen molar-refractivity contribution >= 4 is 23.5 Å². The quantitative estimate of drug-likeness (QED) is 0.621. The first-order valence-electron chi connectivity index (χ1n) is 3.45. The molecule has 1 heterocycles. The second-order valence-electron chi connectivity index (χ2n) is 2.71. The van der Waals surface area contributed by atoms with Gasteiger partial charge in [0.1, 0.15) is 0 Å². The second kappa shape index (κ2) is 4.14. The molecule has 0 saturated carbocycles. The molecule has 0 N–H and O–H groups in total. The van der Waals surface area contributed by atoms with E-state index in [0.717, 1.165) is 5.92 Å². The zero-order valence-corrected chi connectivity index (χ0v) is 7.97. The lowest BCUT2D eigenvalue weighted by Gasteiger charge is -2.08. The molecule has 0 unspecified atom stereocenters. The number of rotatable bonds is 2. The van der Waals surface area contributed by atoms with Crippen molar-refractivity contribution in [3.63, 3.8) is 0 Å². The van der Waals surface area contributed by atoms with Crippen molar-refractivity contribution in [1.29, 1.82) is 0 Å². The predicted octanol–water partition coefficient (Wildman–Crippen LogP) is 3.83. The normalized spacial score (nSPS) is 17.7. The molecule has 2 heteroatoms. The van der Waals surface area contributed by atoms with Crippen molar-refractivity contribution in [1.82, 2.24) is 0 Å². The van der Waals surface area contributed by atoms with Gasteiger partial charge in [-0.05, 0) is 33.5 Å². The van der Waals surface area contributed by atoms with Crippen LogP contribution in [-0.4, -0.2) is 0 Å². The van der Waals surface area contributed by atoms with Crippen LogP contribution in [0.2, 0.25) is 0 Å². The van der Waals surface area contributed by atoms with Gasteiger partial charge in [-0.2, -0.15) is 0 Å². The summed E-state index contributed by atoms with van der Waals surface area (Å²) < 4.78 is 0. The van der Waals surface area contributed by atoms with Crippen LogP contribution in [0.5, 0.6) is 0 Å². The van der Waals surface area contributed by atoms with E-state index >= 15 is 0 Å². The van der Waals surface area contributed by atoms with Gasteiger partial charge in [0, 0.05) is 0 Å². The van der Waals surface area contributed by atoms with Gasteiger partial charge in [-0.25, -0.2) is 0 Å². The van der Waals surface area contributed by atoms with Crippen LogP contribution in [0.3, 0.4) is 0 Å². The molecule has 1 aliphatic heterocycles. The van der Waals surface area contributed by atoms with Crippen LogP contribution in [0.1, 0.15) is 20.3 Å². The van der Waals surface area contributed by atoms with Gasteiger partial charge in [-0.1, -0.05) is 13.8 Å². The molecule has 0 nitrogen and oxygen atoms in total. The zero-order valence-electron chi connectivity index (χ0n) is 6.33. The first-order valence-corrected chi connectivity index (χ1v) is 5.27. The highest BCUT2D eigenvalue weighted by Gasteiger charge is 2.02. The van der Waals surface area contributed by atoms with Gasteiger partial charge in [0.05, 0.1) is 0 Å². The highest BCUT2D eigenvalue weighted by atomic mass is 32.2. The minimum atomic E-state index is 0.783. The molecule has 0 aromatic rings. The molecule has 56 valence electrons. The Morgan fingerprint density at radius 2 is 2.20 bits per heavy atom. The summed E-state index contributed by atoms with van der Waals surface area (Å²) in [6.45, 7) is 4.51. The lowest BCUT2D eigenvalue weighted by Crippen LogP contribution is -1.87. The topological polar surface area (TPSA) is 0 Å². The largest absolute Gasteiger partial charge is 0.105 e. The Morgan fingerprint density at radius 3 is 2.70 bits per heavy atom. The van der Waals surface area contributed by atoms with Gasteiger partial charge in [-0.15, -0.1) is 23.5 Å². The summed E-state index contributed by atoms with van der Waals surface area (Å²) in [7, 11) is 0. The molecular weight excluding hydrogens is 160 g/mol. The smallest absolute Gasteiger partial charge is 0.00393 e. The first kappa shape index (κ1) is 8.28. The van der Waals surface area contributed by atoms with Gasteiger partial charge in [0.15, 0.2) is 0 Å². The third-order valence-electron chi connectivity index (χ3n) is 1.16. The molecular formula is C8H12S2. The number of allylic oxidation sites excluding steroid dienone is 1. The van der Waals surface area contributed by atoms with Gasteiger partial charge in [0.25, 0.3) is 0 Å². The van der Waals surface area contributed by atoms with Gasteiger partial charge >= 0.3 is 0 Å². The van der Waals surface area contributed by atoms with E-state index in [1.807, 2.05) is 11.8 Å². The van der Waals surface area contributed by atoms with Crippen LogP contribution in [0.15, 0.2) is 21.1 Å². The third-order valence-corrected chi connectivity index (χ3v) is 3.06. The van der Waals surface area contributed by atoms with Crippen molar-refractivity contribution < 1.29 is 0 Å². The molecule has 0 amide bonds. The molecule has 0 spiro atoms. The molecule has 0 aliphatic carbocycles. The van der Waals surface area contributed by atoms with Crippen LogP contribution in [0.4, 0.5) is 0 Å². The fourth-order valence-electron chi connectivity index (χ4n) is 0.789. The highest BCUT2D eigenvalue weighted by Crippen LogP contribution is 2.31. The third kappa shape index (κ3) is 2.84. The molecule has 0 saturated heterocycles. The monoisotopic (exact) mass is 172 g/mol. The average molecular weight is 172 g/mol. The molecule has 10 heavy (non-hydrogen) atoms. The van der Waals surface area contributed by atoms with Crippen molar-refractivity contribution in [2.45, 2.75) is 20.3 Å². The van der Waals surface area contributed by atoms with Gasteiger partial charge in [-0.3, -0.25) is 0 Å². The van der Waals surface area contributed by atoms with E-state index in [1.54, 1.807) is 11.8 Å².